The Bertz CT molecular complexity index is 419. The van der Waals surface area contributed by atoms with Gasteiger partial charge in [-0.1, -0.05) is 23.8 Å². The highest BCUT2D eigenvalue weighted by molar-refractivity contribution is 5.32. The molecule has 106 valence electrons. The van der Waals surface area contributed by atoms with Crippen LogP contribution in [0.4, 0.5) is 0 Å². The molecule has 2 N–H and O–H groups in total. The molecule has 0 aliphatic heterocycles. The first-order chi connectivity index (χ1) is 8.99. The molecule has 0 aromatic heterocycles. The van der Waals surface area contributed by atoms with E-state index in [1.807, 2.05) is 0 Å². The molecule has 0 bridgehead atoms. The van der Waals surface area contributed by atoms with Crippen molar-refractivity contribution in [3.05, 3.63) is 34.9 Å². The fraction of sp³-hybridized carbons (Fsp3) is 0.647. The predicted octanol–water partition coefficient (Wildman–Crippen LogP) is 3.57. The molecule has 0 amide bonds. The third-order valence-electron chi connectivity index (χ3n) is 4.81. The zero-order valence-corrected chi connectivity index (χ0v) is 12.8. The Morgan fingerprint density at radius 1 is 1.16 bits per heavy atom. The summed E-state index contributed by atoms with van der Waals surface area (Å²) in [6.07, 6.45) is 4.84. The molecule has 1 aromatic rings. The molecule has 2 rings (SSSR count). The summed E-state index contributed by atoms with van der Waals surface area (Å²) in [5, 5.41) is 0. The molecule has 0 saturated heterocycles. The van der Waals surface area contributed by atoms with Crippen molar-refractivity contribution in [2.75, 3.05) is 7.05 Å². The summed E-state index contributed by atoms with van der Waals surface area (Å²) in [6, 6.07) is 8.39. The van der Waals surface area contributed by atoms with Crippen LogP contribution in [0.2, 0.25) is 0 Å². The van der Waals surface area contributed by atoms with Gasteiger partial charge in [-0.2, -0.15) is 0 Å². The van der Waals surface area contributed by atoms with Crippen LogP contribution < -0.4 is 5.73 Å². The van der Waals surface area contributed by atoms with Crippen molar-refractivity contribution in [3.63, 3.8) is 0 Å². The monoisotopic (exact) mass is 260 g/mol. The van der Waals surface area contributed by atoms with Gasteiger partial charge in [-0.3, -0.25) is 4.90 Å². The molecule has 1 aliphatic rings. The largest absolute Gasteiger partial charge is 0.328 e. The van der Waals surface area contributed by atoms with Gasteiger partial charge in [-0.15, -0.1) is 0 Å². The van der Waals surface area contributed by atoms with Crippen molar-refractivity contribution in [1.29, 1.82) is 0 Å². The molecule has 2 nitrogen and oxygen atoms in total. The molecule has 1 unspecified atom stereocenters. The zero-order chi connectivity index (χ0) is 14.0. The number of benzene rings is 1. The maximum absolute atomic E-state index is 6.01. The second-order valence-corrected chi connectivity index (χ2v) is 6.27. The van der Waals surface area contributed by atoms with Crippen molar-refractivity contribution < 1.29 is 0 Å². The fourth-order valence-corrected chi connectivity index (χ4v) is 3.25. The molecule has 1 saturated carbocycles. The molecular weight excluding hydrogens is 232 g/mol. The lowest BCUT2D eigenvalue weighted by Crippen LogP contribution is -2.40. The molecule has 0 spiro atoms. The first-order valence-electron chi connectivity index (χ1n) is 7.53. The highest BCUT2D eigenvalue weighted by Gasteiger charge is 2.25. The van der Waals surface area contributed by atoms with Gasteiger partial charge < -0.3 is 5.73 Å². The minimum absolute atomic E-state index is 0.431. The van der Waals surface area contributed by atoms with Crippen LogP contribution in [-0.4, -0.2) is 24.0 Å². The Morgan fingerprint density at radius 2 is 1.79 bits per heavy atom. The summed E-state index contributed by atoms with van der Waals surface area (Å²) in [6.45, 7) is 6.72. The third-order valence-corrected chi connectivity index (χ3v) is 4.81. The van der Waals surface area contributed by atoms with Crippen molar-refractivity contribution in [2.45, 2.75) is 64.6 Å². The standard InChI is InChI=1S/C17H28N2/c1-12-5-6-13(2)17(11-12)14(3)19(4)16-9-7-15(18)8-10-16/h5-6,11,14-16H,7-10,18H2,1-4H3. The highest BCUT2D eigenvalue weighted by Crippen LogP contribution is 2.30. The molecule has 1 aromatic carbocycles. The number of aryl methyl sites for hydroxylation is 2. The Hall–Kier alpha value is -0.860. The van der Waals surface area contributed by atoms with E-state index in [0.29, 0.717) is 18.1 Å². The predicted molar refractivity (Wildman–Crippen MR) is 82.3 cm³/mol. The summed E-state index contributed by atoms with van der Waals surface area (Å²) in [4.78, 5) is 2.55. The lowest BCUT2D eigenvalue weighted by molar-refractivity contribution is 0.140. The number of hydrogen-bond donors (Lipinski definition) is 1. The Labute approximate surface area is 118 Å². The SMILES string of the molecule is Cc1ccc(C)c(C(C)N(C)C2CCC(N)CC2)c1. The average molecular weight is 260 g/mol. The van der Waals surface area contributed by atoms with Crippen LogP contribution in [0.5, 0.6) is 0 Å². The minimum Gasteiger partial charge on any atom is -0.328 e. The number of hydrogen-bond acceptors (Lipinski definition) is 2. The number of nitrogens with two attached hydrogens (primary N) is 1. The maximum atomic E-state index is 6.01. The molecule has 0 radical (unpaired) electrons. The summed E-state index contributed by atoms with van der Waals surface area (Å²) >= 11 is 0. The molecule has 1 atom stereocenters. The molecule has 1 fully saturated rings. The van der Waals surface area contributed by atoms with Crippen LogP contribution in [-0.2, 0) is 0 Å². The zero-order valence-electron chi connectivity index (χ0n) is 12.8. The van der Waals surface area contributed by atoms with E-state index in [0.717, 1.165) is 0 Å². The van der Waals surface area contributed by atoms with E-state index in [4.69, 9.17) is 5.73 Å². The van der Waals surface area contributed by atoms with Crippen molar-refractivity contribution in [2.24, 2.45) is 5.73 Å². The van der Waals surface area contributed by atoms with Gasteiger partial charge in [0.25, 0.3) is 0 Å². The first kappa shape index (κ1) is 14.5. The van der Waals surface area contributed by atoms with E-state index in [-0.39, 0.29) is 0 Å². The van der Waals surface area contributed by atoms with Gasteiger partial charge in [-0.05, 0) is 64.6 Å². The molecular formula is C17H28N2. The molecule has 2 heteroatoms. The Balaban J connectivity index is 2.10. The lowest BCUT2D eigenvalue weighted by atomic mass is 9.89. The van der Waals surface area contributed by atoms with Crippen LogP contribution in [0.15, 0.2) is 18.2 Å². The summed E-state index contributed by atoms with van der Waals surface area (Å²) < 4.78 is 0. The van der Waals surface area contributed by atoms with E-state index in [9.17, 15) is 0 Å². The normalized spacial score (nSPS) is 25.6. The highest BCUT2D eigenvalue weighted by atomic mass is 15.2. The second kappa shape index (κ2) is 6.06. The quantitative estimate of drug-likeness (QED) is 0.900. The maximum Gasteiger partial charge on any atom is 0.0322 e. The fourth-order valence-electron chi connectivity index (χ4n) is 3.25. The molecule has 19 heavy (non-hydrogen) atoms. The van der Waals surface area contributed by atoms with E-state index in [1.54, 1.807) is 0 Å². The van der Waals surface area contributed by atoms with Gasteiger partial charge >= 0.3 is 0 Å². The van der Waals surface area contributed by atoms with E-state index in [1.165, 1.54) is 42.4 Å². The van der Waals surface area contributed by atoms with Gasteiger partial charge in [0.2, 0.25) is 0 Å². The van der Waals surface area contributed by atoms with Crippen molar-refractivity contribution >= 4 is 0 Å². The van der Waals surface area contributed by atoms with Crippen LogP contribution in [0.3, 0.4) is 0 Å². The second-order valence-electron chi connectivity index (χ2n) is 6.27. The topological polar surface area (TPSA) is 29.3 Å². The number of rotatable bonds is 3. The third kappa shape index (κ3) is 3.37. The van der Waals surface area contributed by atoms with Gasteiger partial charge in [0.15, 0.2) is 0 Å². The van der Waals surface area contributed by atoms with E-state index >= 15 is 0 Å². The molecule has 1 aliphatic carbocycles. The molecule has 0 heterocycles. The Morgan fingerprint density at radius 3 is 2.42 bits per heavy atom. The van der Waals surface area contributed by atoms with Crippen LogP contribution in [0.1, 0.15) is 55.3 Å². The summed E-state index contributed by atoms with van der Waals surface area (Å²) in [5.74, 6) is 0. The van der Waals surface area contributed by atoms with Crippen molar-refractivity contribution in [1.82, 2.24) is 4.90 Å². The van der Waals surface area contributed by atoms with Gasteiger partial charge in [0.05, 0.1) is 0 Å². The van der Waals surface area contributed by atoms with Crippen LogP contribution in [0, 0.1) is 13.8 Å². The van der Waals surface area contributed by atoms with Crippen LogP contribution >= 0.6 is 0 Å². The van der Waals surface area contributed by atoms with Crippen LogP contribution in [0.25, 0.3) is 0 Å². The summed E-state index contributed by atoms with van der Waals surface area (Å²) in [5.41, 5.74) is 10.2. The van der Waals surface area contributed by atoms with E-state index < -0.39 is 0 Å². The summed E-state index contributed by atoms with van der Waals surface area (Å²) in [7, 11) is 2.27. The Kier molecular flexibility index (Phi) is 4.64. The van der Waals surface area contributed by atoms with Crippen molar-refractivity contribution in [3.8, 4) is 0 Å². The smallest absolute Gasteiger partial charge is 0.0322 e. The van der Waals surface area contributed by atoms with Gasteiger partial charge in [0, 0.05) is 18.1 Å². The van der Waals surface area contributed by atoms with Gasteiger partial charge in [-0.25, -0.2) is 0 Å². The first-order valence-corrected chi connectivity index (χ1v) is 7.53. The van der Waals surface area contributed by atoms with Gasteiger partial charge in [0.1, 0.15) is 0 Å². The lowest BCUT2D eigenvalue weighted by Gasteiger charge is -2.37. The number of nitrogens with zero attached hydrogens (tertiary/aromatic N) is 1. The van der Waals surface area contributed by atoms with E-state index in [2.05, 4.69) is 50.9 Å². The average Bonchev–Trinajstić information content (AvgIpc) is 2.41. The minimum atomic E-state index is 0.431.